The molecule has 2 aliphatic heterocycles. The summed E-state index contributed by atoms with van der Waals surface area (Å²) in [6.07, 6.45) is 1.81. The van der Waals surface area contributed by atoms with E-state index in [9.17, 15) is 0 Å². The van der Waals surface area contributed by atoms with Crippen molar-refractivity contribution in [2.45, 2.75) is 19.2 Å². The fourth-order valence-electron chi connectivity index (χ4n) is 3.95. The normalized spacial score (nSPS) is 21.8. The Balaban J connectivity index is 1.91. The van der Waals surface area contributed by atoms with Crippen molar-refractivity contribution in [3.63, 3.8) is 0 Å². The lowest BCUT2D eigenvalue weighted by Gasteiger charge is -2.36. The van der Waals surface area contributed by atoms with E-state index in [1.54, 1.807) is 0 Å². The Morgan fingerprint density at radius 1 is 1.19 bits per heavy atom. The molecule has 26 heavy (non-hydrogen) atoms. The van der Waals surface area contributed by atoms with Crippen molar-refractivity contribution in [3.05, 3.63) is 68.4 Å². The molecule has 3 aromatic rings. The van der Waals surface area contributed by atoms with E-state index >= 15 is 0 Å². The van der Waals surface area contributed by atoms with E-state index in [0.717, 1.165) is 44.1 Å². The van der Waals surface area contributed by atoms with Gasteiger partial charge in [0.15, 0.2) is 11.5 Å². The maximum atomic E-state index is 6.45. The minimum atomic E-state index is -0.754. The van der Waals surface area contributed by atoms with Gasteiger partial charge in [-0.05, 0) is 47.1 Å². The number of hydrogen-bond acceptors (Lipinski definition) is 5. The van der Waals surface area contributed by atoms with Gasteiger partial charge in [-0.15, -0.1) is 10.2 Å². The first-order valence-corrected chi connectivity index (χ1v) is 9.91. The highest BCUT2D eigenvalue weighted by Gasteiger charge is 2.51. The average Bonchev–Trinajstić information content (AvgIpc) is 3.18. The van der Waals surface area contributed by atoms with Crippen LogP contribution in [-0.4, -0.2) is 37.8 Å². The molecule has 8 heteroatoms. The van der Waals surface area contributed by atoms with E-state index in [1.807, 2.05) is 37.4 Å². The van der Waals surface area contributed by atoms with Crippen LogP contribution in [-0.2, 0) is 17.0 Å². The fourth-order valence-corrected chi connectivity index (χ4v) is 5.35. The molecular weight excluding hydrogens is 462 g/mol. The van der Waals surface area contributed by atoms with Crippen LogP contribution in [0.5, 0.6) is 0 Å². The third-order valence-corrected chi connectivity index (χ3v) is 6.03. The Kier molecular flexibility index (Phi) is 3.79. The second kappa shape index (κ2) is 5.95. The highest BCUT2D eigenvalue weighted by molar-refractivity contribution is 9.11. The van der Waals surface area contributed by atoms with E-state index in [4.69, 9.17) is 4.74 Å². The van der Waals surface area contributed by atoms with Crippen LogP contribution >= 0.6 is 31.9 Å². The molecule has 1 aromatic carbocycles. The van der Waals surface area contributed by atoms with Crippen molar-refractivity contribution < 1.29 is 4.74 Å². The number of halogens is 2. The van der Waals surface area contributed by atoms with Gasteiger partial charge in [-0.1, -0.05) is 22.0 Å². The Morgan fingerprint density at radius 3 is 2.88 bits per heavy atom. The summed E-state index contributed by atoms with van der Waals surface area (Å²) >= 11 is 7.39. The molecule has 4 heterocycles. The van der Waals surface area contributed by atoms with Crippen LogP contribution in [0.15, 0.2) is 45.5 Å². The predicted molar refractivity (Wildman–Crippen MR) is 103 cm³/mol. The van der Waals surface area contributed by atoms with E-state index in [0.29, 0.717) is 13.2 Å². The molecule has 5 rings (SSSR count). The Hall–Kier alpha value is -1.61. The molecule has 1 atom stereocenters. The lowest BCUT2D eigenvalue weighted by molar-refractivity contribution is -0.0586. The predicted octanol–water partition coefficient (Wildman–Crippen LogP) is 3.54. The molecule has 1 saturated heterocycles. The zero-order chi connectivity index (χ0) is 17.9. The highest BCUT2D eigenvalue weighted by atomic mass is 79.9. The quantitative estimate of drug-likeness (QED) is 0.537. The molecular formula is C18H15Br2N5O. The van der Waals surface area contributed by atoms with E-state index in [-0.39, 0.29) is 0 Å². The maximum Gasteiger partial charge on any atom is 0.193 e. The summed E-state index contributed by atoms with van der Waals surface area (Å²) in [5.41, 5.74) is 2.15. The molecule has 0 radical (unpaired) electrons. The smallest absolute Gasteiger partial charge is 0.193 e. The maximum absolute atomic E-state index is 6.45. The van der Waals surface area contributed by atoms with Gasteiger partial charge in [-0.3, -0.25) is 14.5 Å². The summed E-state index contributed by atoms with van der Waals surface area (Å²) in [4.78, 5) is 6.95. The van der Waals surface area contributed by atoms with Gasteiger partial charge >= 0.3 is 0 Å². The van der Waals surface area contributed by atoms with Crippen LogP contribution in [0.1, 0.15) is 22.9 Å². The van der Waals surface area contributed by atoms with Crippen LogP contribution in [0, 0.1) is 6.92 Å². The summed E-state index contributed by atoms with van der Waals surface area (Å²) in [6.45, 7) is 4.04. The fraction of sp³-hybridized carbons (Fsp3) is 0.278. The van der Waals surface area contributed by atoms with Crippen molar-refractivity contribution in [1.82, 2.24) is 24.6 Å². The summed E-state index contributed by atoms with van der Waals surface area (Å²) in [7, 11) is 0. The van der Waals surface area contributed by atoms with E-state index in [1.165, 1.54) is 0 Å². The molecule has 6 nitrogen and oxygen atoms in total. The van der Waals surface area contributed by atoms with Gasteiger partial charge in [-0.25, -0.2) is 0 Å². The van der Waals surface area contributed by atoms with Crippen LogP contribution in [0.25, 0.3) is 5.69 Å². The lowest BCUT2D eigenvalue weighted by Crippen LogP contribution is -2.43. The summed E-state index contributed by atoms with van der Waals surface area (Å²) in [5, 5.41) is 8.74. The molecule has 2 aliphatic rings. The first-order valence-electron chi connectivity index (χ1n) is 8.32. The first kappa shape index (κ1) is 16.6. The monoisotopic (exact) mass is 475 g/mol. The molecule has 1 fully saturated rings. The number of nitrogens with zero attached hydrogens (tertiary/aromatic N) is 5. The van der Waals surface area contributed by atoms with Gasteiger partial charge in [0, 0.05) is 27.3 Å². The number of pyridine rings is 1. The van der Waals surface area contributed by atoms with Crippen molar-refractivity contribution in [3.8, 4) is 5.69 Å². The lowest BCUT2D eigenvalue weighted by atomic mass is 9.95. The number of benzene rings is 1. The van der Waals surface area contributed by atoms with Crippen molar-refractivity contribution in [2.24, 2.45) is 0 Å². The largest absolute Gasteiger partial charge is 0.349 e. The highest BCUT2D eigenvalue weighted by Crippen LogP contribution is 2.48. The van der Waals surface area contributed by atoms with Crippen LogP contribution in [0.2, 0.25) is 0 Å². The van der Waals surface area contributed by atoms with Gasteiger partial charge in [0.2, 0.25) is 0 Å². The summed E-state index contributed by atoms with van der Waals surface area (Å²) < 4.78 is 10.5. The minimum Gasteiger partial charge on any atom is -0.349 e. The number of fused-ring (bicyclic) bond motifs is 5. The zero-order valence-electron chi connectivity index (χ0n) is 14.0. The Morgan fingerprint density at radius 2 is 2.08 bits per heavy atom. The van der Waals surface area contributed by atoms with Crippen LogP contribution in [0.3, 0.4) is 0 Å². The molecule has 0 aliphatic carbocycles. The second-order valence-corrected chi connectivity index (χ2v) is 8.18. The van der Waals surface area contributed by atoms with Gasteiger partial charge in [0.05, 0.1) is 24.5 Å². The molecule has 2 aromatic heterocycles. The van der Waals surface area contributed by atoms with Crippen LogP contribution < -0.4 is 0 Å². The number of hydrogen-bond donors (Lipinski definition) is 0. The van der Waals surface area contributed by atoms with Gasteiger partial charge < -0.3 is 4.74 Å². The topological polar surface area (TPSA) is 56.1 Å². The molecule has 0 spiro atoms. The molecule has 0 amide bonds. The van der Waals surface area contributed by atoms with E-state index < -0.39 is 5.72 Å². The third kappa shape index (κ3) is 2.19. The van der Waals surface area contributed by atoms with Crippen molar-refractivity contribution in [1.29, 1.82) is 0 Å². The van der Waals surface area contributed by atoms with E-state index in [2.05, 4.69) is 62.6 Å². The van der Waals surface area contributed by atoms with Crippen molar-refractivity contribution in [2.75, 3.05) is 13.2 Å². The second-order valence-electron chi connectivity index (χ2n) is 6.41. The van der Waals surface area contributed by atoms with Crippen molar-refractivity contribution >= 4 is 31.9 Å². The summed E-state index contributed by atoms with van der Waals surface area (Å²) in [6, 6.07) is 10.1. The molecule has 0 saturated carbocycles. The number of ether oxygens (including phenoxy) is 1. The van der Waals surface area contributed by atoms with Crippen LogP contribution in [0.4, 0.5) is 0 Å². The SMILES string of the molecule is Cc1nnc2n1-c1c(Br)cc(Br)cc1C1(c3ccccn3)OCCN1C2. The minimum absolute atomic E-state index is 0.632. The third-order valence-electron chi connectivity index (χ3n) is 4.97. The molecule has 132 valence electrons. The summed E-state index contributed by atoms with van der Waals surface area (Å²) in [5.74, 6) is 1.75. The Bertz CT molecular complexity index is 1010. The first-order chi connectivity index (χ1) is 12.6. The average molecular weight is 477 g/mol. The van der Waals surface area contributed by atoms with Gasteiger partial charge in [0.1, 0.15) is 5.82 Å². The molecule has 1 unspecified atom stereocenters. The Labute approximate surface area is 167 Å². The molecule has 0 N–H and O–H groups in total. The zero-order valence-corrected chi connectivity index (χ0v) is 17.2. The number of aryl methyl sites for hydroxylation is 1. The molecule has 0 bridgehead atoms. The number of aromatic nitrogens is 4. The standard InChI is InChI=1S/C18H15Br2N5O/c1-11-22-23-16-10-24-6-7-26-18(24,15-4-2-3-5-21-15)13-8-12(19)9-14(20)17(13)25(11)16/h2-5,8-9H,6-7,10H2,1H3. The number of rotatable bonds is 1. The van der Waals surface area contributed by atoms with Gasteiger partial charge in [-0.2, -0.15) is 0 Å². The van der Waals surface area contributed by atoms with Gasteiger partial charge in [0.25, 0.3) is 0 Å².